The van der Waals surface area contributed by atoms with Gasteiger partial charge in [0.2, 0.25) is 0 Å². The number of ether oxygens (including phenoxy) is 2. The lowest BCUT2D eigenvalue weighted by Gasteiger charge is -2.19. The van der Waals surface area contributed by atoms with Crippen LogP contribution in [0.15, 0.2) is 18.3 Å². The van der Waals surface area contributed by atoms with Crippen molar-refractivity contribution in [1.82, 2.24) is 10.3 Å². The monoisotopic (exact) mass is 315 g/mol. The highest BCUT2D eigenvalue weighted by molar-refractivity contribution is 6.20. The van der Waals surface area contributed by atoms with E-state index in [4.69, 9.17) is 21.1 Å². The number of esters is 1. The number of nitrogens with zero attached hydrogens (tertiary/aromatic N) is 2. The molecule has 1 heterocycles. The Labute approximate surface area is 128 Å². The molecule has 1 atom stereocenters. The molecule has 1 N–H and O–H groups in total. The van der Waals surface area contributed by atoms with Crippen molar-refractivity contribution in [3.05, 3.63) is 23.9 Å². The summed E-state index contributed by atoms with van der Waals surface area (Å²) < 4.78 is 9.95. The highest BCUT2D eigenvalue weighted by atomic mass is 35.5. The zero-order chi connectivity index (χ0) is 15.8. The lowest BCUT2D eigenvalue weighted by atomic mass is 10.2. The fraction of sp³-hybridized carbons (Fsp3) is 0.462. The first-order valence-electron chi connectivity index (χ1n) is 6.28. The Morgan fingerprint density at radius 1 is 1.52 bits per heavy atom. The molecule has 8 heteroatoms. The zero-order valence-corrected chi connectivity index (χ0v) is 12.9. The molecule has 0 saturated heterocycles. The van der Waals surface area contributed by atoms with Crippen LogP contribution in [0.4, 0.5) is 10.6 Å². The fourth-order valence-corrected chi connectivity index (χ4v) is 1.58. The van der Waals surface area contributed by atoms with Crippen LogP contribution < -0.4 is 10.2 Å². The third-order valence-electron chi connectivity index (χ3n) is 2.43. The molecular weight excluding hydrogens is 298 g/mol. The first-order valence-corrected chi connectivity index (χ1v) is 6.72. The van der Waals surface area contributed by atoms with Gasteiger partial charge in [-0.1, -0.05) is 17.7 Å². The quantitative estimate of drug-likeness (QED) is 0.633. The molecule has 0 saturated carbocycles. The molecule has 1 amide bonds. The number of rotatable bonds is 6. The van der Waals surface area contributed by atoms with E-state index in [9.17, 15) is 9.59 Å². The molecule has 1 aromatic heterocycles. The molecule has 0 aliphatic heterocycles. The van der Waals surface area contributed by atoms with Crippen LogP contribution in [-0.2, 0) is 20.9 Å². The van der Waals surface area contributed by atoms with Gasteiger partial charge in [-0.2, -0.15) is 0 Å². The van der Waals surface area contributed by atoms with E-state index in [1.807, 2.05) is 0 Å². The summed E-state index contributed by atoms with van der Waals surface area (Å²) in [6.45, 7) is 1.65. The van der Waals surface area contributed by atoms with Crippen molar-refractivity contribution >= 4 is 29.5 Å². The summed E-state index contributed by atoms with van der Waals surface area (Å²) in [4.78, 5) is 28.5. The molecule has 21 heavy (non-hydrogen) atoms. The summed E-state index contributed by atoms with van der Waals surface area (Å²) in [5, 5.41) is 2.69. The second kappa shape index (κ2) is 8.43. The van der Waals surface area contributed by atoms with Crippen LogP contribution in [0, 0.1) is 0 Å². The topological polar surface area (TPSA) is 80.8 Å². The van der Waals surface area contributed by atoms with Crippen LogP contribution in [-0.4, -0.2) is 43.2 Å². The van der Waals surface area contributed by atoms with Gasteiger partial charge in [-0.05, 0) is 20.0 Å². The molecule has 116 valence electrons. The summed E-state index contributed by atoms with van der Waals surface area (Å²) in [5.41, 5.74) is -0.163. The van der Waals surface area contributed by atoms with Crippen molar-refractivity contribution in [3.8, 4) is 0 Å². The van der Waals surface area contributed by atoms with E-state index in [1.54, 1.807) is 19.2 Å². The van der Waals surface area contributed by atoms with Crippen LogP contribution in [0.2, 0.25) is 0 Å². The zero-order valence-electron chi connectivity index (χ0n) is 12.1. The molecule has 0 spiro atoms. The predicted molar refractivity (Wildman–Crippen MR) is 78.2 cm³/mol. The number of anilines is 1. The van der Waals surface area contributed by atoms with Gasteiger partial charge in [-0.3, -0.25) is 9.69 Å². The smallest absolute Gasteiger partial charge is 0.416 e. The van der Waals surface area contributed by atoms with E-state index < -0.39 is 17.6 Å². The maximum Gasteiger partial charge on any atom is 0.416 e. The lowest BCUT2D eigenvalue weighted by molar-refractivity contribution is -0.143. The van der Waals surface area contributed by atoms with Gasteiger partial charge in [0.05, 0.1) is 6.54 Å². The van der Waals surface area contributed by atoms with Crippen molar-refractivity contribution in [3.63, 3.8) is 0 Å². The summed E-state index contributed by atoms with van der Waals surface area (Å²) in [7, 11) is 3.15. The lowest BCUT2D eigenvalue weighted by Crippen LogP contribution is -2.30. The van der Waals surface area contributed by atoms with E-state index in [1.165, 1.54) is 25.1 Å². The molecule has 1 aromatic rings. The average molecular weight is 316 g/mol. The average Bonchev–Trinajstić information content (AvgIpc) is 2.44. The third kappa shape index (κ3) is 5.57. The molecule has 7 nitrogen and oxygen atoms in total. The molecular formula is C13H18ClN3O4. The molecule has 1 rings (SSSR count). The normalized spacial score (nSPS) is 11.6. The van der Waals surface area contributed by atoms with E-state index >= 15 is 0 Å². The van der Waals surface area contributed by atoms with Crippen molar-refractivity contribution in [2.24, 2.45) is 0 Å². The number of pyridine rings is 1. The SMILES string of the molecule is CNCC(=O)OCc1cccnc1N(C)C(=O)OC(C)Cl. The number of nitrogens with one attached hydrogen (secondary N) is 1. The van der Waals surface area contributed by atoms with Crippen LogP contribution in [0.25, 0.3) is 0 Å². The predicted octanol–water partition coefficient (Wildman–Crippen LogP) is 1.50. The Kier molecular flexibility index (Phi) is 6.90. The van der Waals surface area contributed by atoms with Gasteiger partial charge in [0.25, 0.3) is 0 Å². The number of likely N-dealkylation sites (N-methyl/N-ethyl adjacent to an activating group) is 1. The highest BCUT2D eigenvalue weighted by Gasteiger charge is 2.19. The standard InChI is InChI=1S/C13H18ClN3O4/c1-9(14)21-13(19)17(3)12-10(5-4-6-16-12)8-20-11(18)7-15-2/h4-6,9,15H,7-8H2,1-3H3. The van der Waals surface area contributed by atoms with Crippen molar-refractivity contribution < 1.29 is 19.1 Å². The van der Waals surface area contributed by atoms with E-state index in [-0.39, 0.29) is 13.2 Å². The summed E-state index contributed by atoms with van der Waals surface area (Å²) >= 11 is 5.62. The maximum atomic E-state index is 11.8. The van der Waals surface area contributed by atoms with Crippen LogP contribution in [0.3, 0.4) is 0 Å². The van der Waals surface area contributed by atoms with Gasteiger partial charge >= 0.3 is 12.1 Å². The van der Waals surface area contributed by atoms with Crippen LogP contribution >= 0.6 is 11.6 Å². The Morgan fingerprint density at radius 3 is 2.86 bits per heavy atom. The second-order valence-electron chi connectivity index (χ2n) is 4.16. The van der Waals surface area contributed by atoms with E-state index in [0.29, 0.717) is 11.4 Å². The molecule has 0 aromatic carbocycles. The molecule has 1 unspecified atom stereocenters. The maximum absolute atomic E-state index is 11.8. The number of hydrogen-bond acceptors (Lipinski definition) is 6. The molecule has 0 fully saturated rings. The number of alkyl halides is 1. The van der Waals surface area contributed by atoms with Crippen LogP contribution in [0.1, 0.15) is 12.5 Å². The van der Waals surface area contributed by atoms with Gasteiger partial charge in [-0.25, -0.2) is 9.78 Å². The minimum Gasteiger partial charge on any atom is -0.460 e. The van der Waals surface area contributed by atoms with E-state index in [0.717, 1.165) is 0 Å². The van der Waals surface area contributed by atoms with Gasteiger partial charge in [0, 0.05) is 18.8 Å². The Morgan fingerprint density at radius 2 is 2.24 bits per heavy atom. The Bertz CT molecular complexity index is 496. The van der Waals surface area contributed by atoms with Crippen molar-refractivity contribution in [2.45, 2.75) is 19.1 Å². The first kappa shape index (κ1) is 17.2. The summed E-state index contributed by atoms with van der Waals surface area (Å²) in [5.74, 6) is -0.0519. The number of aromatic nitrogens is 1. The van der Waals surface area contributed by atoms with E-state index in [2.05, 4.69) is 10.3 Å². The minimum atomic E-state index is -0.749. The van der Waals surface area contributed by atoms with Crippen LogP contribution in [0.5, 0.6) is 0 Å². The number of amides is 1. The first-order chi connectivity index (χ1) is 9.95. The molecule has 0 bridgehead atoms. The third-order valence-corrected chi connectivity index (χ3v) is 2.52. The van der Waals surface area contributed by atoms with Gasteiger partial charge in [-0.15, -0.1) is 0 Å². The Balaban J connectivity index is 2.78. The molecule has 0 aliphatic rings. The largest absolute Gasteiger partial charge is 0.460 e. The summed E-state index contributed by atoms with van der Waals surface area (Å²) in [6, 6.07) is 3.40. The number of carbonyl (C=O) groups is 2. The molecule has 0 aliphatic carbocycles. The number of hydrogen-bond donors (Lipinski definition) is 1. The Hall–Kier alpha value is -1.86. The number of carbonyl (C=O) groups excluding carboxylic acids is 2. The fourth-order valence-electron chi connectivity index (χ4n) is 1.50. The second-order valence-corrected chi connectivity index (χ2v) is 4.78. The highest BCUT2D eigenvalue weighted by Crippen LogP contribution is 2.18. The van der Waals surface area contributed by atoms with Gasteiger partial charge in [0.15, 0.2) is 5.56 Å². The minimum absolute atomic E-state index is 0.0116. The van der Waals surface area contributed by atoms with Crippen molar-refractivity contribution in [1.29, 1.82) is 0 Å². The molecule has 0 radical (unpaired) electrons. The van der Waals surface area contributed by atoms with Gasteiger partial charge in [0.1, 0.15) is 12.4 Å². The van der Waals surface area contributed by atoms with Crippen molar-refractivity contribution in [2.75, 3.05) is 25.5 Å². The number of halogens is 1. The summed E-state index contributed by atoms with van der Waals surface area (Å²) in [6.07, 6.45) is 0.890. The van der Waals surface area contributed by atoms with Gasteiger partial charge < -0.3 is 14.8 Å².